The summed E-state index contributed by atoms with van der Waals surface area (Å²) in [5.41, 5.74) is 1.45. The van der Waals surface area contributed by atoms with E-state index in [0.29, 0.717) is 41.0 Å². The molecule has 3 aromatic rings. The van der Waals surface area contributed by atoms with E-state index in [1.54, 1.807) is 12.3 Å². The van der Waals surface area contributed by atoms with Gasteiger partial charge in [0.15, 0.2) is 16.5 Å². The molecule has 1 aliphatic heterocycles. The lowest BCUT2D eigenvalue weighted by Crippen LogP contribution is -2.25. The van der Waals surface area contributed by atoms with Crippen LogP contribution in [0.15, 0.2) is 45.9 Å². The standard InChI is InChI=1S/C22H23FN4O2S/c1-12(2)21-25-22(29-26-21)27-9-15-16(10-27)17(15)11-28-14-4-5-19(24-8-14)13-3-6-20(30)18(23)7-13/h3-8,12,15-17,30H,9-11H2,1-2H3/p+1/t15-,16?,17?/m1/s1. The van der Waals surface area contributed by atoms with E-state index in [4.69, 9.17) is 9.26 Å². The Bertz CT molecular complexity index is 1040. The molecular weight excluding hydrogens is 403 g/mol. The molecule has 0 N–H and O–H groups in total. The maximum Gasteiger partial charge on any atom is 0.324 e. The largest absolute Gasteiger partial charge is 0.492 e. The fourth-order valence-electron chi connectivity index (χ4n) is 4.15. The Hall–Kier alpha value is -2.61. The van der Waals surface area contributed by atoms with Gasteiger partial charge >= 0.3 is 6.01 Å². The number of fused-ring (bicyclic) bond motifs is 1. The minimum absolute atomic E-state index is 0.267. The molecule has 0 amide bonds. The van der Waals surface area contributed by atoms with Crippen LogP contribution in [0.2, 0.25) is 0 Å². The minimum atomic E-state index is -0.304. The summed E-state index contributed by atoms with van der Waals surface area (Å²) in [7, 11) is 0. The normalized spacial score (nSPS) is 22.4. The van der Waals surface area contributed by atoms with Crippen LogP contribution in [-0.2, 0) is 12.6 Å². The monoisotopic (exact) mass is 427 g/mol. The van der Waals surface area contributed by atoms with Gasteiger partial charge in [-0.3, -0.25) is 4.98 Å². The average molecular weight is 428 g/mol. The lowest BCUT2D eigenvalue weighted by Gasteiger charge is -2.16. The van der Waals surface area contributed by atoms with Crippen molar-refractivity contribution in [3.8, 4) is 17.0 Å². The summed E-state index contributed by atoms with van der Waals surface area (Å²) in [6.07, 6.45) is 1.70. The highest BCUT2D eigenvalue weighted by Gasteiger charge is 2.56. The Kier molecular flexibility index (Phi) is 4.89. The van der Waals surface area contributed by atoms with E-state index in [1.807, 2.05) is 18.2 Å². The Labute approximate surface area is 179 Å². The summed E-state index contributed by atoms with van der Waals surface area (Å²) in [4.78, 5) is 11.5. The van der Waals surface area contributed by atoms with E-state index in [-0.39, 0.29) is 11.7 Å². The maximum absolute atomic E-state index is 13.7. The molecule has 1 aliphatic carbocycles. The number of rotatable bonds is 6. The zero-order chi connectivity index (χ0) is 20.8. The van der Waals surface area contributed by atoms with Crippen molar-refractivity contribution in [2.45, 2.75) is 24.7 Å². The lowest BCUT2D eigenvalue weighted by atomic mass is 10.1. The molecule has 2 aromatic heterocycles. The van der Waals surface area contributed by atoms with Crippen LogP contribution < -0.4 is 9.64 Å². The first-order chi connectivity index (χ1) is 14.5. The molecule has 0 bridgehead atoms. The summed E-state index contributed by atoms with van der Waals surface area (Å²) in [5, 5.41) is 4.05. The van der Waals surface area contributed by atoms with Gasteiger partial charge in [-0.2, -0.15) is 4.98 Å². The Morgan fingerprint density at radius 3 is 2.67 bits per heavy atom. The zero-order valence-corrected chi connectivity index (χ0v) is 17.9. The molecule has 1 saturated heterocycles. The summed E-state index contributed by atoms with van der Waals surface area (Å²) in [6.45, 7) is 6.66. The van der Waals surface area contributed by atoms with E-state index in [1.165, 1.54) is 6.07 Å². The van der Waals surface area contributed by atoms with Gasteiger partial charge in [0.05, 0.1) is 18.5 Å². The van der Waals surface area contributed by atoms with Gasteiger partial charge in [0.25, 0.3) is 0 Å². The molecule has 3 atom stereocenters. The number of aromatic nitrogens is 3. The van der Waals surface area contributed by atoms with Crippen molar-refractivity contribution in [1.82, 2.24) is 15.1 Å². The highest BCUT2D eigenvalue weighted by Crippen LogP contribution is 2.52. The predicted molar refractivity (Wildman–Crippen MR) is 115 cm³/mol. The molecule has 1 saturated carbocycles. The molecule has 5 rings (SSSR count). The van der Waals surface area contributed by atoms with Crippen LogP contribution >= 0.6 is 0 Å². The third kappa shape index (κ3) is 3.64. The third-order valence-corrected chi connectivity index (χ3v) is 6.44. The third-order valence-electron chi connectivity index (χ3n) is 6.03. The molecule has 2 unspecified atom stereocenters. The van der Waals surface area contributed by atoms with Gasteiger partial charge in [0, 0.05) is 30.5 Å². The smallest absolute Gasteiger partial charge is 0.324 e. The Morgan fingerprint density at radius 2 is 2.03 bits per heavy atom. The first-order valence-corrected chi connectivity index (χ1v) is 10.7. The number of hydrogen-bond donors (Lipinski definition) is 0. The Morgan fingerprint density at radius 1 is 1.23 bits per heavy atom. The van der Waals surface area contributed by atoms with E-state index in [9.17, 15) is 4.39 Å². The van der Waals surface area contributed by atoms with Crippen molar-refractivity contribution >= 4 is 18.6 Å². The van der Waals surface area contributed by atoms with Gasteiger partial charge in [0.2, 0.25) is 0 Å². The van der Waals surface area contributed by atoms with Gasteiger partial charge in [-0.15, -0.1) is 0 Å². The lowest BCUT2D eigenvalue weighted by molar-refractivity contribution is 0.281. The van der Waals surface area contributed by atoms with Crippen LogP contribution in [0, 0.1) is 23.6 Å². The second-order valence-electron chi connectivity index (χ2n) is 8.37. The van der Waals surface area contributed by atoms with Crippen LogP contribution in [0.3, 0.4) is 0 Å². The SMILES string of the molecule is CC(C)c1noc(N2CC3C(COc4ccc(-c5ccc([SH2+])c(F)c5)nc4)[C@@H]3C2)n1. The van der Waals surface area contributed by atoms with Crippen molar-refractivity contribution in [1.29, 1.82) is 0 Å². The van der Waals surface area contributed by atoms with Crippen molar-refractivity contribution in [2.75, 3.05) is 24.6 Å². The second kappa shape index (κ2) is 7.58. The van der Waals surface area contributed by atoms with Crippen molar-refractivity contribution in [3.05, 3.63) is 48.2 Å². The molecule has 156 valence electrons. The zero-order valence-electron chi connectivity index (χ0n) is 16.9. The molecule has 2 aliphatic rings. The number of hydrogen-bond acceptors (Lipinski definition) is 6. The molecule has 6 nitrogen and oxygen atoms in total. The summed E-state index contributed by atoms with van der Waals surface area (Å²) in [6, 6.07) is 9.36. The quantitative estimate of drug-likeness (QED) is 0.561. The number of ether oxygens (including phenoxy) is 1. The molecule has 8 heteroatoms. The van der Waals surface area contributed by atoms with Gasteiger partial charge in [-0.05, 0) is 54.8 Å². The minimum Gasteiger partial charge on any atom is -0.492 e. The first kappa shape index (κ1) is 19.4. The summed E-state index contributed by atoms with van der Waals surface area (Å²) < 4.78 is 25.1. The van der Waals surface area contributed by atoms with E-state index in [0.717, 1.165) is 30.2 Å². The molecule has 0 spiro atoms. The summed E-state index contributed by atoms with van der Waals surface area (Å²) >= 11 is 3.22. The number of anilines is 1. The summed E-state index contributed by atoms with van der Waals surface area (Å²) in [5.74, 6) is 3.22. The highest BCUT2D eigenvalue weighted by molar-refractivity contribution is 7.58. The highest BCUT2D eigenvalue weighted by atomic mass is 32.1. The van der Waals surface area contributed by atoms with Gasteiger partial charge < -0.3 is 14.2 Å². The van der Waals surface area contributed by atoms with Crippen LogP contribution in [0.25, 0.3) is 11.3 Å². The van der Waals surface area contributed by atoms with Crippen LogP contribution in [0.1, 0.15) is 25.6 Å². The van der Waals surface area contributed by atoms with E-state index >= 15 is 0 Å². The molecular formula is C22H24FN4O2S+. The molecule has 0 radical (unpaired) electrons. The fraction of sp³-hybridized carbons (Fsp3) is 0.409. The van der Waals surface area contributed by atoms with Gasteiger partial charge in [-0.25, -0.2) is 4.39 Å². The number of benzene rings is 1. The van der Waals surface area contributed by atoms with Crippen molar-refractivity contribution in [3.63, 3.8) is 0 Å². The molecule has 30 heavy (non-hydrogen) atoms. The van der Waals surface area contributed by atoms with Crippen molar-refractivity contribution in [2.24, 2.45) is 17.8 Å². The van der Waals surface area contributed by atoms with Gasteiger partial charge in [-0.1, -0.05) is 19.0 Å². The molecule has 1 aromatic carbocycles. The topological polar surface area (TPSA) is 64.3 Å². The van der Waals surface area contributed by atoms with E-state index in [2.05, 4.69) is 46.5 Å². The first-order valence-electron chi connectivity index (χ1n) is 10.2. The molecule has 3 heterocycles. The van der Waals surface area contributed by atoms with Gasteiger partial charge in [0.1, 0.15) is 5.75 Å². The number of halogens is 1. The number of pyridine rings is 1. The van der Waals surface area contributed by atoms with Crippen molar-refractivity contribution < 1.29 is 13.7 Å². The van der Waals surface area contributed by atoms with Crippen LogP contribution in [0.5, 0.6) is 5.75 Å². The average Bonchev–Trinajstić information content (AvgIpc) is 3.12. The Balaban J connectivity index is 1.13. The second-order valence-corrected chi connectivity index (χ2v) is 8.91. The van der Waals surface area contributed by atoms with E-state index < -0.39 is 0 Å². The molecule has 2 fully saturated rings. The number of piperidine rings is 1. The van der Waals surface area contributed by atoms with Crippen LogP contribution in [-0.4, -0.2) is 34.8 Å². The maximum atomic E-state index is 13.7. The fourth-order valence-corrected chi connectivity index (χ4v) is 4.30. The van der Waals surface area contributed by atoms with Crippen LogP contribution in [0.4, 0.5) is 10.4 Å². The predicted octanol–water partition coefficient (Wildman–Crippen LogP) is 3.53. The number of nitrogens with zero attached hydrogens (tertiary/aromatic N) is 4.